The summed E-state index contributed by atoms with van der Waals surface area (Å²) in [5, 5.41) is 13.4. The number of anilines is 2. The van der Waals surface area contributed by atoms with Gasteiger partial charge in [-0.05, 0) is 36.4 Å². The topological polar surface area (TPSA) is 86.9 Å². The number of nitrogens with one attached hydrogen (secondary N) is 3. The van der Waals surface area contributed by atoms with Gasteiger partial charge in [-0.2, -0.15) is 5.10 Å². The number of H-pyrrole nitrogens is 1. The van der Waals surface area contributed by atoms with E-state index in [9.17, 15) is 9.59 Å². The van der Waals surface area contributed by atoms with E-state index >= 15 is 0 Å². The summed E-state index contributed by atoms with van der Waals surface area (Å²) in [7, 11) is 0. The summed E-state index contributed by atoms with van der Waals surface area (Å²) < 4.78 is 0. The molecule has 3 N–H and O–H groups in total. The van der Waals surface area contributed by atoms with Crippen molar-refractivity contribution in [1.82, 2.24) is 10.2 Å². The molecule has 8 heteroatoms. The zero-order valence-electron chi connectivity index (χ0n) is 12.9. The van der Waals surface area contributed by atoms with Crippen LogP contribution in [0.15, 0.2) is 47.5 Å². The van der Waals surface area contributed by atoms with Crippen LogP contribution in [0.1, 0.15) is 6.42 Å². The summed E-state index contributed by atoms with van der Waals surface area (Å²) in [6.45, 7) is 0. The molecule has 25 heavy (non-hydrogen) atoms. The molecule has 0 bridgehead atoms. The van der Waals surface area contributed by atoms with E-state index in [-0.39, 0.29) is 18.2 Å². The summed E-state index contributed by atoms with van der Waals surface area (Å²) in [6, 6.07) is 10.8. The number of amides is 2. The van der Waals surface area contributed by atoms with Gasteiger partial charge in [-0.15, -0.1) is 11.8 Å². The fraction of sp³-hybridized carbons (Fsp3) is 0.118. The number of fused-ring (bicyclic) bond motifs is 2. The van der Waals surface area contributed by atoms with Crippen LogP contribution in [0, 0.1) is 0 Å². The highest BCUT2D eigenvalue weighted by Gasteiger charge is 2.29. The van der Waals surface area contributed by atoms with Gasteiger partial charge in [0.25, 0.3) is 0 Å². The Kier molecular flexibility index (Phi) is 4.10. The maximum absolute atomic E-state index is 12.3. The highest BCUT2D eigenvalue weighted by atomic mass is 35.5. The first kappa shape index (κ1) is 16.0. The molecule has 1 aliphatic rings. The standard InChI is InChI=1S/C17H13ClN4O2S/c18-10-1-4-14-13(6-10)21-17(24)15(25-14)7-16(23)20-11-2-3-12-9(5-11)8-19-22-12/h1-6,8,15H,7H2,(H,19,22)(H,20,23)(H,21,24). The molecule has 2 heterocycles. The Labute approximate surface area is 152 Å². The zero-order valence-corrected chi connectivity index (χ0v) is 14.4. The fourth-order valence-electron chi connectivity index (χ4n) is 2.66. The van der Waals surface area contributed by atoms with Crippen LogP contribution in [0.5, 0.6) is 0 Å². The van der Waals surface area contributed by atoms with E-state index in [0.717, 1.165) is 15.8 Å². The van der Waals surface area contributed by atoms with Gasteiger partial charge in [0.1, 0.15) is 0 Å². The van der Waals surface area contributed by atoms with Crippen molar-refractivity contribution in [3.8, 4) is 0 Å². The number of thioether (sulfide) groups is 1. The number of aromatic amines is 1. The van der Waals surface area contributed by atoms with E-state index in [1.165, 1.54) is 11.8 Å². The van der Waals surface area contributed by atoms with Crippen LogP contribution in [0.25, 0.3) is 10.9 Å². The lowest BCUT2D eigenvalue weighted by molar-refractivity contribution is -0.120. The first-order valence-electron chi connectivity index (χ1n) is 7.58. The van der Waals surface area contributed by atoms with E-state index in [2.05, 4.69) is 20.8 Å². The fourth-order valence-corrected chi connectivity index (χ4v) is 3.92. The van der Waals surface area contributed by atoms with Gasteiger partial charge in [0, 0.05) is 27.4 Å². The molecule has 1 atom stereocenters. The number of nitrogens with zero attached hydrogens (tertiary/aromatic N) is 1. The Balaban J connectivity index is 1.45. The van der Waals surface area contributed by atoms with E-state index in [1.54, 1.807) is 24.4 Å². The van der Waals surface area contributed by atoms with E-state index in [0.29, 0.717) is 16.4 Å². The smallest absolute Gasteiger partial charge is 0.238 e. The maximum Gasteiger partial charge on any atom is 0.238 e. The molecule has 0 aliphatic carbocycles. The van der Waals surface area contributed by atoms with Gasteiger partial charge in [0.15, 0.2) is 0 Å². The molecule has 1 aromatic heterocycles. The normalized spacial score (nSPS) is 16.4. The molecule has 0 spiro atoms. The summed E-state index contributed by atoms with van der Waals surface area (Å²) in [6.07, 6.45) is 1.78. The molecule has 3 aromatic rings. The van der Waals surface area contributed by atoms with Gasteiger partial charge in [0.2, 0.25) is 11.8 Å². The Morgan fingerprint density at radius 1 is 1.28 bits per heavy atom. The number of aromatic nitrogens is 2. The average molecular weight is 373 g/mol. The third kappa shape index (κ3) is 3.33. The summed E-state index contributed by atoms with van der Waals surface area (Å²) in [5.74, 6) is -0.409. The van der Waals surface area contributed by atoms with E-state index in [4.69, 9.17) is 11.6 Å². The Hall–Kier alpha value is -2.51. The Bertz CT molecular complexity index is 988. The molecule has 0 radical (unpaired) electrons. The largest absolute Gasteiger partial charge is 0.326 e. The van der Waals surface area contributed by atoms with Crippen molar-refractivity contribution in [3.05, 3.63) is 47.6 Å². The minimum atomic E-state index is -0.480. The minimum absolute atomic E-state index is 0.0853. The number of benzene rings is 2. The highest BCUT2D eigenvalue weighted by Crippen LogP contribution is 2.38. The third-order valence-corrected chi connectivity index (χ3v) is 5.37. The predicted octanol–water partition coefficient (Wildman–Crippen LogP) is 3.66. The summed E-state index contributed by atoms with van der Waals surface area (Å²) >= 11 is 7.31. The van der Waals surface area contributed by atoms with Gasteiger partial charge in [-0.3, -0.25) is 14.7 Å². The highest BCUT2D eigenvalue weighted by molar-refractivity contribution is 8.01. The van der Waals surface area contributed by atoms with Crippen molar-refractivity contribution in [2.45, 2.75) is 16.6 Å². The molecule has 0 fully saturated rings. The quantitative estimate of drug-likeness (QED) is 0.654. The van der Waals surface area contributed by atoms with Crippen LogP contribution in [-0.4, -0.2) is 27.3 Å². The monoisotopic (exact) mass is 372 g/mol. The molecule has 4 rings (SSSR count). The molecule has 2 aromatic carbocycles. The molecule has 0 saturated heterocycles. The number of rotatable bonds is 3. The number of hydrogen-bond acceptors (Lipinski definition) is 4. The Morgan fingerprint density at radius 3 is 3.04 bits per heavy atom. The lowest BCUT2D eigenvalue weighted by atomic mass is 10.2. The van der Waals surface area contributed by atoms with Crippen molar-refractivity contribution in [2.75, 3.05) is 10.6 Å². The van der Waals surface area contributed by atoms with Gasteiger partial charge in [0.05, 0.1) is 22.7 Å². The predicted molar refractivity (Wildman–Crippen MR) is 99.1 cm³/mol. The molecular formula is C17H13ClN4O2S. The Morgan fingerprint density at radius 2 is 2.16 bits per heavy atom. The van der Waals surface area contributed by atoms with Gasteiger partial charge >= 0.3 is 0 Å². The van der Waals surface area contributed by atoms with Crippen molar-refractivity contribution >= 4 is 57.5 Å². The van der Waals surface area contributed by atoms with Crippen LogP contribution >= 0.6 is 23.4 Å². The van der Waals surface area contributed by atoms with Crippen LogP contribution < -0.4 is 10.6 Å². The molecule has 0 saturated carbocycles. The van der Waals surface area contributed by atoms with Gasteiger partial charge in [-0.1, -0.05) is 11.6 Å². The number of halogens is 1. The second-order valence-corrected chi connectivity index (χ2v) is 7.34. The van der Waals surface area contributed by atoms with Crippen molar-refractivity contribution in [1.29, 1.82) is 0 Å². The van der Waals surface area contributed by atoms with Crippen LogP contribution in [-0.2, 0) is 9.59 Å². The molecule has 1 aliphatic heterocycles. The molecular weight excluding hydrogens is 360 g/mol. The summed E-state index contributed by atoms with van der Waals surface area (Å²) in [4.78, 5) is 25.5. The lowest BCUT2D eigenvalue weighted by Gasteiger charge is -2.23. The third-order valence-electron chi connectivity index (χ3n) is 3.86. The minimum Gasteiger partial charge on any atom is -0.326 e. The number of carbonyl (C=O) groups is 2. The van der Waals surface area contributed by atoms with E-state index < -0.39 is 5.25 Å². The van der Waals surface area contributed by atoms with Crippen molar-refractivity contribution in [2.24, 2.45) is 0 Å². The van der Waals surface area contributed by atoms with Gasteiger partial charge < -0.3 is 10.6 Å². The first-order valence-corrected chi connectivity index (χ1v) is 8.84. The average Bonchev–Trinajstić information content (AvgIpc) is 3.03. The maximum atomic E-state index is 12.3. The molecule has 2 amide bonds. The molecule has 1 unspecified atom stereocenters. The second-order valence-electron chi connectivity index (χ2n) is 5.66. The van der Waals surface area contributed by atoms with Gasteiger partial charge in [-0.25, -0.2) is 0 Å². The number of carbonyl (C=O) groups excluding carboxylic acids is 2. The zero-order chi connectivity index (χ0) is 17.4. The second kappa shape index (κ2) is 6.42. The van der Waals surface area contributed by atoms with Crippen molar-refractivity contribution < 1.29 is 9.59 Å². The van der Waals surface area contributed by atoms with Crippen LogP contribution in [0.3, 0.4) is 0 Å². The summed E-state index contributed by atoms with van der Waals surface area (Å²) in [5.41, 5.74) is 2.26. The lowest BCUT2D eigenvalue weighted by Crippen LogP contribution is -2.32. The molecule has 6 nitrogen and oxygen atoms in total. The number of hydrogen-bond donors (Lipinski definition) is 3. The van der Waals surface area contributed by atoms with Crippen LogP contribution in [0.2, 0.25) is 5.02 Å². The van der Waals surface area contributed by atoms with E-state index in [1.807, 2.05) is 18.2 Å². The van der Waals surface area contributed by atoms with Crippen molar-refractivity contribution in [3.63, 3.8) is 0 Å². The first-order chi connectivity index (χ1) is 12.1. The molecule has 126 valence electrons. The van der Waals surface area contributed by atoms with Crippen LogP contribution in [0.4, 0.5) is 11.4 Å². The SMILES string of the molecule is O=C(CC1Sc2ccc(Cl)cc2NC1=O)Nc1ccc2[nH]ncc2c1.